The van der Waals surface area contributed by atoms with Crippen molar-refractivity contribution < 1.29 is 47.8 Å². The number of nitrogens with zero attached hydrogens (tertiary/aromatic N) is 1. The molecule has 1 heterocycles. The van der Waals surface area contributed by atoms with Crippen molar-refractivity contribution in [1.29, 1.82) is 0 Å². The van der Waals surface area contributed by atoms with E-state index in [0.717, 1.165) is 60.9 Å². The molecule has 6 rings (SSSR count). The van der Waals surface area contributed by atoms with E-state index in [2.05, 4.69) is 89.5 Å². The molecule has 0 atom stereocenters. The zero-order valence-electron chi connectivity index (χ0n) is 33.4. The van der Waals surface area contributed by atoms with E-state index in [1.54, 1.807) is 26.4 Å². The smallest absolute Gasteiger partial charge is 0.335 e. The van der Waals surface area contributed by atoms with Gasteiger partial charge in [0.2, 0.25) is 0 Å². The lowest BCUT2D eigenvalue weighted by Gasteiger charge is -2.10. The van der Waals surface area contributed by atoms with E-state index in [1.807, 2.05) is 12.1 Å². The largest absolute Gasteiger partial charge is 0.478 e. The van der Waals surface area contributed by atoms with Crippen LogP contribution in [0.1, 0.15) is 21.5 Å². The minimum absolute atomic E-state index is 0.248. The van der Waals surface area contributed by atoms with Crippen LogP contribution in [-0.2, 0) is 51.1 Å². The van der Waals surface area contributed by atoms with E-state index in [4.69, 9.17) is 37.9 Å². The maximum atomic E-state index is 11.6. The lowest BCUT2D eigenvalue weighted by atomic mass is 9.99. The SMILES string of the molecule is COCCOCCOCCOCc1ccc(-c2ccc3c(c2)c2cc(-c4ccc(COCCOCCOCCOC)cc4)ccc2n3-c2ccc(C(=O)O)cc2)cc1. The standard InChI is InChI=1S/C47H53NO10/c1-51-19-21-53-23-25-55-27-29-57-33-35-3-7-37(8-4-35)40-13-17-45-43(31-40)44-32-41(14-18-46(44)48(45)42-15-11-39(12-16-42)47(49)50)38-9-5-36(6-10-38)34-58-30-28-56-26-24-54-22-20-52-2/h3-18,31-32H,19-30,33-34H2,1-2H3,(H,49,50). The number of carboxylic acid groups (broad SMARTS) is 1. The number of rotatable bonds is 26. The minimum Gasteiger partial charge on any atom is -0.478 e. The van der Waals surface area contributed by atoms with E-state index in [9.17, 15) is 9.90 Å². The van der Waals surface area contributed by atoms with Crippen LogP contribution in [0.15, 0.2) is 109 Å². The van der Waals surface area contributed by atoms with Gasteiger partial charge in [-0.3, -0.25) is 0 Å². The first-order valence-corrected chi connectivity index (χ1v) is 19.6. The average molecular weight is 792 g/mol. The molecule has 0 amide bonds. The molecule has 6 aromatic rings. The summed E-state index contributed by atoms with van der Waals surface area (Å²) in [6, 6.07) is 37.0. The second kappa shape index (κ2) is 22.8. The highest BCUT2D eigenvalue weighted by atomic mass is 16.6. The second-order valence-corrected chi connectivity index (χ2v) is 13.6. The van der Waals surface area contributed by atoms with Gasteiger partial charge in [0.25, 0.3) is 0 Å². The first-order valence-electron chi connectivity index (χ1n) is 19.6. The molecule has 0 saturated carbocycles. The predicted octanol–water partition coefficient (Wildman–Crippen LogP) is 8.21. The van der Waals surface area contributed by atoms with Gasteiger partial charge in [-0.25, -0.2) is 4.79 Å². The predicted molar refractivity (Wildman–Crippen MR) is 225 cm³/mol. The van der Waals surface area contributed by atoms with Gasteiger partial charge in [-0.1, -0.05) is 60.7 Å². The van der Waals surface area contributed by atoms with E-state index in [1.165, 1.54) is 0 Å². The molecule has 0 aliphatic heterocycles. The van der Waals surface area contributed by atoms with Gasteiger partial charge < -0.3 is 47.6 Å². The molecule has 58 heavy (non-hydrogen) atoms. The molecule has 0 radical (unpaired) electrons. The highest BCUT2D eigenvalue weighted by Crippen LogP contribution is 2.37. The molecule has 1 aromatic heterocycles. The van der Waals surface area contributed by atoms with Gasteiger partial charge in [-0.15, -0.1) is 0 Å². The number of carboxylic acids is 1. The van der Waals surface area contributed by atoms with Crippen molar-refractivity contribution >= 4 is 27.8 Å². The highest BCUT2D eigenvalue weighted by Gasteiger charge is 2.16. The van der Waals surface area contributed by atoms with Gasteiger partial charge >= 0.3 is 5.97 Å². The van der Waals surface area contributed by atoms with Crippen molar-refractivity contribution in [2.24, 2.45) is 0 Å². The van der Waals surface area contributed by atoms with Crippen LogP contribution in [0.4, 0.5) is 0 Å². The van der Waals surface area contributed by atoms with Crippen LogP contribution in [0, 0.1) is 0 Å². The summed E-state index contributed by atoms with van der Waals surface area (Å²) in [4.78, 5) is 11.6. The van der Waals surface area contributed by atoms with Gasteiger partial charge in [0.15, 0.2) is 0 Å². The molecular weight excluding hydrogens is 739 g/mol. The van der Waals surface area contributed by atoms with Crippen molar-refractivity contribution in [3.8, 4) is 27.9 Å². The summed E-state index contributed by atoms with van der Waals surface area (Å²) in [6.07, 6.45) is 0. The number of ether oxygens (including phenoxy) is 8. The molecule has 0 bridgehead atoms. The van der Waals surface area contributed by atoms with E-state index in [0.29, 0.717) is 92.5 Å². The van der Waals surface area contributed by atoms with Crippen LogP contribution in [-0.4, -0.2) is 109 Å². The van der Waals surface area contributed by atoms with Crippen LogP contribution in [0.25, 0.3) is 49.7 Å². The Hall–Kier alpha value is -4.95. The lowest BCUT2D eigenvalue weighted by molar-refractivity contribution is 0.000869. The summed E-state index contributed by atoms with van der Waals surface area (Å²) in [7, 11) is 3.30. The molecule has 5 aromatic carbocycles. The Kier molecular flexibility index (Phi) is 16.8. The normalized spacial score (nSPS) is 11.6. The Morgan fingerprint density at radius 1 is 0.448 bits per heavy atom. The number of benzene rings is 5. The summed E-state index contributed by atoms with van der Waals surface area (Å²) >= 11 is 0. The Morgan fingerprint density at radius 3 is 1.19 bits per heavy atom. The molecule has 0 spiro atoms. The zero-order valence-corrected chi connectivity index (χ0v) is 33.4. The van der Waals surface area contributed by atoms with Gasteiger partial charge in [0, 0.05) is 30.7 Å². The van der Waals surface area contributed by atoms with E-state index in [-0.39, 0.29) is 5.56 Å². The maximum absolute atomic E-state index is 11.6. The molecule has 0 aliphatic carbocycles. The summed E-state index contributed by atoms with van der Waals surface area (Å²) in [6.45, 7) is 7.43. The Morgan fingerprint density at radius 2 is 0.810 bits per heavy atom. The van der Waals surface area contributed by atoms with Crippen LogP contribution < -0.4 is 0 Å². The fourth-order valence-corrected chi connectivity index (χ4v) is 6.54. The van der Waals surface area contributed by atoms with Gasteiger partial charge in [-0.05, 0) is 81.9 Å². The third kappa shape index (κ3) is 12.0. The highest BCUT2D eigenvalue weighted by molar-refractivity contribution is 6.11. The molecular formula is C47H53NO10. The van der Waals surface area contributed by atoms with Crippen molar-refractivity contribution in [3.05, 3.63) is 126 Å². The molecule has 306 valence electrons. The number of aromatic carboxylic acids is 1. The fraction of sp³-hybridized carbons (Fsp3) is 0.340. The Balaban J connectivity index is 1.14. The summed E-state index contributed by atoms with van der Waals surface area (Å²) < 4.78 is 45.8. The average Bonchev–Trinajstić information content (AvgIpc) is 3.58. The molecule has 0 unspecified atom stereocenters. The van der Waals surface area contributed by atoms with E-state index >= 15 is 0 Å². The number of fused-ring (bicyclic) bond motifs is 3. The van der Waals surface area contributed by atoms with Crippen molar-refractivity contribution in [2.75, 3.05) is 93.5 Å². The summed E-state index contributed by atoms with van der Waals surface area (Å²) in [5.41, 5.74) is 9.75. The second-order valence-electron chi connectivity index (χ2n) is 13.6. The lowest BCUT2D eigenvalue weighted by Crippen LogP contribution is -2.11. The van der Waals surface area contributed by atoms with Gasteiger partial charge in [0.1, 0.15) is 0 Å². The molecule has 1 N–H and O–H groups in total. The Bertz CT molecular complexity index is 2020. The Labute approximate surface area is 339 Å². The number of hydrogen-bond donors (Lipinski definition) is 1. The van der Waals surface area contributed by atoms with Crippen LogP contribution in [0.5, 0.6) is 0 Å². The third-order valence-corrected chi connectivity index (χ3v) is 9.60. The van der Waals surface area contributed by atoms with Crippen LogP contribution in [0.2, 0.25) is 0 Å². The van der Waals surface area contributed by atoms with Gasteiger partial charge in [0.05, 0.1) is 109 Å². The summed E-state index contributed by atoms with van der Waals surface area (Å²) in [5, 5.41) is 11.7. The van der Waals surface area contributed by atoms with Crippen molar-refractivity contribution in [1.82, 2.24) is 4.57 Å². The molecule has 0 fully saturated rings. The number of hydrogen-bond acceptors (Lipinski definition) is 9. The number of methoxy groups -OCH3 is 2. The van der Waals surface area contributed by atoms with Crippen molar-refractivity contribution in [2.45, 2.75) is 13.2 Å². The van der Waals surface area contributed by atoms with Gasteiger partial charge in [-0.2, -0.15) is 0 Å². The molecule has 0 saturated heterocycles. The molecule has 11 heteroatoms. The fourth-order valence-electron chi connectivity index (χ4n) is 6.54. The minimum atomic E-state index is -0.951. The number of carbonyl (C=O) groups is 1. The monoisotopic (exact) mass is 791 g/mol. The van der Waals surface area contributed by atoms with Crippen LogP contribution in [0.3, 0.4) is 0 Å². The summed E-state index contributed by atoms with van der Waals surface area (Å²) in [5.74, 6) is -0.951. The maximum Gasteiger partial charge on any atom is 0.335 e. The molecule has 11 nitrogen and oxygen atoms in total. The quantitative estimate of drug-likeness (QED) is 0.0539. The molecule has 0 aliphatic rings. The zero-order chi connectivity index (χ0) is 40.4. The van der Waals surface area contributed by atoms with E-state index < -0.39 is 5.97 Å². The topological polar surface area (TPSA) is 116 Å². The number of aromatic nitrogens is 1. The first-order chi connectivity index (χ1) is 28.6. The third-order valence-electron chi connectivity index (χ3n) is 9.60. The first kappa shape index (κ1) is 42.7. The van der Waals surface area contributed by atoms with Crippen LogP contribution >= 0.6 is 0 Å². The van der Waals surface area contributed by atoms with Crippen molar-refractivity contribution in [3.63, 3.8) is 0 Å².